The summed E-state index contributed by atoms with van der Waals surface area (Å²) in [5, 5.41) is 0. The van der Waals surface area contributed by atoms with Crippen LogP contribution in [-0.4, -0.2) is 48.9 Å². The van der Waals surface area contributed by atoms with E-state index < -0.39 is 0 Å². The zero-order valence-corrected chi connectivity index (χ0v) is 15.3. The molecule has 4 heteroatoms. The van der Waals surface area contributed by atoms with E-state index in [1.807, 2.05) is 22.7 Å². The van der Waals surface area contributed by atoms with Gasteiger partial charge < -0.3 is 9.80 Å². The van der Waals surface area contributed by atoms with Crippen molar-refractivity contribution in [3.63, 3.8) is 0 Å². The van der Waals surface area contributed by atoms with Gasteiger partial charge in [0.2, 0.25) is 5.91 Å². The molecule has 1 saturated heterocycles. The van der Waals surface area contributed by atoms with E-state index in [0.29, 0.717) is 0 Å². The number of benzene rings is 2. The normalized spacial score (nSPS) is 19.2. The molecule has 2 aromatic carbocycles. The minimum Gasteiger partial charge on any atom is -0.337 e. The number of likely N-dealkylation sites (N-methyl/N-ethyl adjacent to an activating group) is 1. The quantitative estimate of drug-likeness (QED) is 0.736. The lowest BCUT2D eigenvalue weighted by Crippen LogP contribution is -2.46. The summed E-state index contributed by atoms with van der Waals surface area (Å²) in [6.07, 6.45) is 1.86. The number of piperazine rings is 1. The predicted octanol–water partition coefficient (Wildman–Crippen LogP) is 3.50. The van der Waals surface area contributed by atoms with Crippen molar-refractivity contribution >= 4 is 23.2 Å². The van der Waals surface area contributed by atoms with E-state index in [9.17, 15) is 4.79 Å². The number of carbonyl (C=O) groups is 1. The van der Waals surface area contributed by atoms with Gasteiger partial charge in [0.05, 0.1) is 0 Å². The van der Waals surface area contributed by atoms with Crippen LogP contribution < -0.4 is 0 Å². The van der Waals surface area contributed by atoms with E-state index in [0.717, 1.165) is 37.5 Å². The number of rotatable bonds is 1. The smallest absolute Gasteiger partial charge is 0.247 e. The lowest BCUT2D eigenvalue weighted by Gasteiger charge is -2.32. The summed E-state index contributed by atoms with van der Waals surface area (Å²) in [5.41, 5.74) is 4.70. The van der Waals surface area contributed by atoms with Crippen molar-refractivity contribution in [2.75, 3.05) is 33.2 Å². The van der Waals surface area contributed by atoms with Crippen LogP contribution in [-0.2, 0) is 10.5 Å². The number of carbonyl (C=O) groups excluding carboxylic acids is 1. The summed E-state index contributed by atoms with van der Waals surface area (Å²) < 4.78 is 0. The molecule has 2 aromatic rings. The van der Waals surface area contributed by atoms with E-state index in [4.69, 9.17) is 0 Å². The second kappa shape index (κ2) is 7.06. The van der Waals surface area contributed by atoms with Crippen LogP contribution in [0.3, 0.4) is 0 Å². The lowest BCUT2D eigenvalue weighted by atomic mass is 9.94. The zero-order valence-electron chi connectivity index (χ0n) is 14.4. The molecule has 2 aliphatic heterocycles. The van der Waals surface area contributed by atoms with Crippen LogP contribution >= 0.6 is 11.8 Å². The molecule has 2 heterocycles. The molecule has 0 aromatic heterocycles. The number of amides is 1. The van der Waals surface area contributed by atoms with Gasteiger partial charge in [0.1, 0.15) is 0 Å². The highest BCUT2D eigenvalue weighted by Crippen LogP contribution is 2.39. The number of thioether (sulfide) groups is 1. The van der Waals surface area contributed by atoms with Gasteiger partial charge in [0.15, 0.2) is 0 Å². The standard InChI is InChI=1S/C21H22N2OS/c1-22-10-12-23(13-11-22)21(24)14-19-17-7-3-2-6-16(17)15-25-20-9-5-4-8-18(19)20/h2-9,14H,10-13,15H2,1H3/b19-14+. The molecule has 1 amide bonds. The van der Waals surface area contributed by atoms with Crippen molar-refractivity contribution in [2.24, 2.45) is 0 Å². The highest BCUT2D eigenvalue weighted by Gasteiger charge is 2.22. The Morgan fingerprint density at radius 2 is 1.64 bits per heavy atom. The molecule has 0 atom stereocenters. The van der Waals surface area contributed by atoms with E-state index >= 15 is 0 Å². The molecule has 25 heavy (non-hydrogen) atoms. The fraction of sp³-hybridized carbons (Fsp3) is 0.286. The first kappa shape index (κ1) is 16.4. The van der Waals surface area contributed by atoms with E-state index in [2.05, 4.69) is 60.5 Å². The molecule has 2 aliphatic rings. The van der Waals surface area contributed by atoms with Crippen LogP contribution in [0.5, 0.6) is 0 Å². The van der Waals surface area contributed by atoms with Crippen LogP contribution in [0.1, 0.15) is 16.7 Å². The minimum atomic E-state index is 0.125. The molecule has 0 aliphatic carbocycles. The average molecular weight is 350 g/mol. The van der Waals surface area contributed by atoms with Gasteiger partial charge in [-0.25, -0.2) is 0 Å². The summed E-state index contributed by atoms with van der Waals surface area (Å²) >= 11 is 1.85. The van der Waals surface area contributed by atoms with Crippen molar-refractivity contribution in [3.05, 3.63) is 71.3 Å². The van der Waals surface area contributed by atoms with Gasteiger partial charge in [-0.3, -0.25) is 4.79 Å². The number of hydrogen-bond donors (Lipinski definition) is 0. The third-order valence-corrected chi connectivity index (χ3v) is 6.07. The van der Waals surface area contributed by atoms with Crippen molar-refractivity contribution in [3.8, 4) is 0 Å². The Morgan fingerprint density at radius 1 is 0.960 bits per heavy atom. The van der Waals surface area contributed by atoms with Crippen LogP contribution in [0.25, 0.3) is 5.57 Å². The molecule has 4 rings (SSSR count). The van der Waals surface area contributed by atoms with Gasteiger partial charge in [-0.2, -0.15) is 0 Å². The fourth-order valence-electron chi connectivity index (χ4n) is 3.42. The third-order valence-electron chi connectivity index (χ3n) is 4.95. The molecule has 1 fully saturated rings. The summed E-state index contributed by atoms with van der Waals surface area (Å²) in [6.45, 7) is 3.49. The Labute approximate surface area is 153 Å². The number of nitrogens with zero attached hydrogens (tertiary/aromatic N) is 2. The summed E-state index contributed by atoms with van der Waals surface area (Å²) in [4.78, 5) is 18.4. The monoisotopic (exact) mass is 350 g/mol. The Kier molecular flexibility index (Phi) is 4.64. The van der Waals surface area contributed by atoms with Gasteiger partial charge in [-0.05, 0) is 35.4 Å². The topological polar surface area (TPSA) is 23.6 Å². The SMILES string of the molecule is CN1CCN(C(=O)/C=C2\c3ccccc3CSc3ccccc32)CC1. The Hall–Kier alpha value is -2.04. The second-order valence-electron chi connectivity index (χ2n) is 6.63. The Bertz CT molecular complexity index is 773. The first-order chi connectivity index (χ1) is 12.2. The van der Waals surface area contributed by atoms with Crippen molar-refractivity contribution in [1.82, 2.24) is 9.80 Å². The molecule has 128 valence electrons. The molecular formula is C21H22N2OS. The van der Waals surface area contributed by atoms with Gasteiger partial charge in [-0.1, -0.05) is 42.5 Å². The van der Waals surface area contributed by atoms with Crippen molar-refractivity contribution in [1.29, 1.82) is 0 Å². The maximum absolute atomic E-state index is 12.9. The number of hydrogen-bond acceptors (Lipinski definition) is 3. The Balaban J connectivity index is 1.76. The maximum atomic E-state index is 12.9. The highest BCUT2D eigenvalue weighted by molar-refractivity contribution is 7.98. The van der Waals surface area contributed by atoms with Crippen LogP contribution in [0.2, 0.25) is 0 Å². The van der Waals surface area contributed by atoms with Gasteiger partial charge in [0, 0.05) is 42.9 Å². The molecule has 0 saturated carbocycles. The largest absolute Gasteiger partial charge is 0.337 e. The molecule has 3 nitrogen and oxygen atoms in total. The zero-order chi connectivity index (χ0) is 17.2. The lowest BCUT2D eigenvalue weighted by molar-refractivity contribution is -0.127. The maximum Gasteiger partial charge on any atom is 0.247 e. The molecule has 0 spiro atoms. The van der Waals surface area contributed by atoms with Gasteiger partial charge >= 0.3 is 0 Å². The summed E-state index contributed by atoms with van der Waals surface area (Å²) in [6, 6.07) is 16.9. The first-order valence-corrected chi connectivity index (χ1v) is 9.70. The molecule has 0 unspecified atom stereocenters. The molecule has 0 N–H and O–H groups in total. The van der Waals surface area contributed by atoms with Gasteiger partial charge in [0.25, 0.3) is 0 Å². The predicted molar refractivity (Wildman–Crippen MR) is 104 cm³/mol. The van der Waals surface area contributed by atoms with E-state index in [1.54, 1.807) is 0 Å². The van der Waals surface area contributed by atoms with Crippen LogP contribution in [0.15, 0.2) is 59.5 Å². The van der Waals surface area contributed by atoms with E-state index in [1.165, 1.54) is 21.6 Å². The van der Waals surface area contributed by atoms with Gasteiger partial charge in [-0.15, -0.1) is 11.8 Å². The third kappa shape index (κ3) is 3.37. The van der Waals surface area contributed by atoms with E-state index in [-0.39, 0.29) is 5.91 Å². The first-order valence-electron chi connectivity index (χ1n) is 8.72. The summed E-state index contributed by atoms with van der Waals surface area (Å²) in [7, 11) is 2.11. The molecular weight excluding hydrogens is 328 g/mol. The highest BCUT2D eigenvalue weighted by atomic mass is 32.2. The summed E-state index contributed by atoms with van der Waals surface area (Å²) in [5.74, 6) is 1.06. The molecule has 0 bridgehead atoms. The average Bonchev–Trinajstić information content (AvgIpc) is 2.80. The van der Waals surface area contributed by atoms with Crippen molar-refractivity contribution < 1.29 is 4.79 Å². The fourth-order valence-corrected chi connectivity index (χ4v) is 4.49. The van der Waals surface area contributed by atoms with Crippen LogP contribution in [0, 0.1) is 0 Å². The van der Waals surface area contributed by atoms with Crippen LogP contribution in [0.4, 0.5) is 0 Å². The minimum absolute atomic E-state index is 0.125. The number of fused-ring (bicyclic) bond motifs is 2. The van der Waals surface area contributed by atoms with Crippen molar-refractivity contribution in [2.45, 2.75) is 10.6 Å². The Morgan fingerprint density at radius 3 is 2.44 bits per heavy atom. The molecule has 0 radical (unpaired) electrons. The second-order valence-corrected chi connectivity index (χ2v) is 7.65.